The van der Waals surface area contributed by atoms with Crippen LogP contribution in [0.2, 0.25) is 15.1 Å². The highest BCUT2D eigenvalue weighted by Crippen LogP contribution is 2.32. The minimum atomic E-state index is -0.470. The highest BCUT2D eigenvalue weighted by atomic mass is 35.5. The quantitative estimate of drug-likeness (QED) is 0.682. The molecule has 1 aliphatic heterocycles. The molecule has 1 atom stereocenters. The van der Waals surface area contributed by atoms with E-state index in [9.17, 15) is 0 Å². The van der Waals surface area contributed by atoms with Crippen LogP contribution in [0.1, 0.15) is 18.2 Å². The Morgan fingerprint density at radius 3 is 2.41 bits per heavy atom. The average Bonchev–Trinajstić information content (AvgIpc) is 2.61. The first-order valence-corrected chi connectivity index (χ1v) is 9.35. The molecular formula is C18H18Cl3N5O. The molecule has 2 aromatic rings. The molecule has 2 aromatic carbocycles. The Hall–Kier alpha value is -2.15. The van der Waals surface area contributed by atoms with E-state index >= 15 is 0 Å². The summed E-state index contributed by atoms with van der Waals surface area (Å²) in [6, 6.07) is 12.4. The Bertz CT molecular complexity index is 870. The topological polar surface area (TPSA) is 89.2 Å². The molecule has 4 N–H and O–H groups in total. The van der Waals surface area contributed by atoms with Gasteiger partial charge in [0, 0.05) is 27.2 Å². The first-order chi connectivity index (χ1) is 12.9. The lowest BCUT2D eigenvalue weighted by molar-refractivity contribution is 0.258. The largest absolute Gasteiger partial charge is 0.494 e. The average molecular weight is 427 g/mol. The fourth-order valence-electron chi connectivity index (χ4n) is 2.67. The van der Waals surface area contributed by atoms with Gasteiger partial charge in [-0.15, -0.1) is 0 Å². The number of halogens is 3. The van der Waals surface area contributed by atoms with Gasteiger partial charge in [0.25, 0.3) is 0 Å². The van der Waals surface area contributed by atoms with Crippen molar-refractivity contribution in [2.45, 2.75) is 12.6 Å². The number of ether oxygens (including phenoxy) is 1. The van der Waals surface area contributed by atoms with Crippen molar-refractivity contribution >= 4 is 46.7 Å². The van der Waals surface area contributed by atoms with Gasteiger partial charge >= 0.3 is 0 Å². The van der Waals surface area contributed by atoms with Crippen molar-refractivity contribution < 1.29 is 4.74 Å². The zero-order valence-electron chi connectivity index (χ0n) is 14.3. The van der Waals surface area contributed by atoms with Crippen molar-refractivity contribution in [2.75, 3.05) is 13.2 Å². The van der Waals surface area contributed by atoms with Gasteiger partial charge in [-0.1, -0.05) is 40.9 Å². The number of nitrogens with two attached hydrogens (primary N) is 2. The molecule has 0 saturated heterocycles. The van der Waals surface area contributed by atoms with Gasteiger partial charge in [-0.05, 0) is 42.8 Å². The molecule has 1 heterocycles. The summed E-state index contributed by atoms with van der Waals surface area (Å²) in [5.41, 5.74) is 12.6. The minimum Gasteiger partial charge on any atom is -0.494 e. The maximum atomic E-state index is 6.34. The van der Waals surface area contributed by atoms with E-state index in [0.717, 1.165) is 11.3 Å². The predicted octanol–water partition coefficient (Wildman–Crippen LogP) is 4.06. The molecule has 0 spiro atoms. The van der Waals surface area contributed by atoms with Gasteiger partial charge in [0.15, 0.2) is 6.17 Å². The third-order valence-corrected chi connectivity index (χ3v) is 4.75. The van der Waals surface area contributed by atoms with Gasteiger partial charge in [-0.25, -0.2) is 4.99 Å². The second-order valence-corrected chi connectivity index (χ2v) is 7.13. The smallest absolute Gasteiger partial charge is 0.220 e. The van der Waals surface area contributed by atoms with Gasteiger partial charge in [0.2, 0.25) is 11.9 Å². The monoisotopic (exact) mass is 425 g/mol. The highest BCUT2D eigenvalue weighted by molar-refractivity contribution is 6.35. The van der Waals surface area contributed by atoms with E-state index in [1.807, 2.05) is 23.1 Å². The van der Waals surface area contributed by atoms with Crippen LogP contribution in [0.5, 0.6) is 5.75 Å². The van der Waals surface area contributed by atoms with Crippen LogP contribution in [0.4, 0.5) is 0 Å². The van der Waals surface area contributed by atoms with Crippen molar-refractivity contribution in [3.05, 3.63) is 63.1 Å². The van der Waals surface area contributed by atoms with E-state index < -0.39 is 6.17 Å². The maximum absolute atomic E-state index is 6.34. The molecule has 0 bridgehead atoms. The predicted molar refractivity (Wildman–Crippen MR) is 111 cm³/mol. The van der Waals surface area contributed by atoms with Crippen LogP contribution < -0.4 is 16.2 Å². The second-order valence-electron chi connectivity index (χ2n) is 5.85. The van der Waals surface area contributed by atoms with Gasteiger partial charge in [0.1, 0.15) is 5.75 Å². The normalized spacial score (nSPS) is 16.7. The first kappa shape index (κ1) is 19.6. The summed E-state index contributed by atoms with van der Waals surface area (Å²) in [5, 5.41) is 1.69. The SMILES string of the molecule is NC1=NC(c2ccc(Cl)cc2Cl)N(CCCOc2ccc(Cl)cc2)C(N)=N1. The highest BCUT2D eigenvalue weighted by Gasteiger charge is 2.27. The molecule has 0 amide bonds. The van der Waals surface area contributed by atoms with Crippen molar-refractivity contribution in [2.24, 2.45) is 21.5 Å². The molecule has 0 radical (unpaired) electrons. The van der Waals surface area contributed by atoms with Crippen molar-refractivity contribution in [1.29, 1.82) is 0 Å². The molecule has 0 fully saturated rings. The Labute approximate surface area is 172 Å². The molecule has 1 aliphatic rings. The van der Waals surface area contributed by atoms with E-state index in [4.69, 9.17) is 51.0 Å². The van der Waals surface area contributed by atoms with Crippen LogP contribution in [-0.4, -0.2) is 30.0 Å². The summed E-state index contributed by atoms with van der Waals surface area (Å²) < 4.78 is 5.72. The molecule has 9 heteroatoms. The van der Waals surface area contributed by atoms with E-state index in [-0.39, 0.29) is 11.9 Å². The van der Waals surface area contributed by atoms with Gasteiger partial charge in [-0.2, -0.15) is 4.99 Å². The third kappa shape index (κ3) is 4.97. The molecule has 0 saturated carbocycles. The number of guanidine groups is 2. The Kier molecular flexibility index (Phi) is 6.31. The molecule has 0 aliphatic carbocycles. The molecule has 3 rings (SSSR count). The van der Waals surface area contributed by atoms with Gasteiger partial charge in [0.05, 0.1) is 6.61 Å². The number of rotatable bonds is 6. The van der Waals surface area contributed by atoms with E-state index in [2.05, 4.69) is 9.98 Å². The van der Waals surface area contributed by atoms with Crippen molar-refractivity contribution in [3.8, 4) is 5.75 Å². The number of aliphatic imine (C=N–C) groups is 2. The molecule has 0 aromatic heterocycles. The van der Waals surface area contributed by atoms with Crippen LogP contribution in [0, 0.1) is 0 Å². The van der Waals surface area contributed by atoms with Gasteiger partial charge < -0.3 is 21.1 Å². The van der Waals surface area contributed by atoms with E-state index in [0.29, 0.717) is 34.6 Å². The van der Waals surface area contributed by atoms with Gasteiger partial charge in [-0.3, -0.25) is 0 Å². The summed E-state index contributed by atoms with van der Waals surface area (Å²) >= 11 is 18.2. The molecule has 27 heavy (non-hydrogen) atoms. The van der Waals surface area contributed by atoms with Crippen LogP contribution >= 0.6 is 34.8 Å². The maximum Gasteiger partial charge on any atom is 0.220 e. The fraction of sp³-hybridized carbons (Fsp3) is 0.222. The number of benzene rings is 2. The van der Waals surface area contributed by atoms with Crippen LogP contribution in [-0.2, 0) is 0 Å². The molecular weight excluding hydrogens is 409 g/mol. The van der Waals surface area contributed by atoms with Crippen molar-refractivity contribution in [3.63, 3.8) is 0 Å². The summed E-state index contributed by atoms with van der Waals surface area (Å²) in [6.07, 6.45) is 0.221. The lowest BCUT2D eigenvalue weighted by Gasteiger charge is -2.33. The fourth-order valence-corrected chi connectivity index (χ4v) is 3.30. The summed E-state index contributed by atoms with van der Waals surface area (Å²) in [7, 11) is 0. The van der Waals surface area contributed by atoms with Crippen LogP contribution in [0.15, 0.2) is 52.4 Å². The Balaban J connectivity index is 1.67. The Morgan fingerprint density at radius 1 is 1.00 bits per heavy atom. The number of hydrogen-bond donors (Lipinski definition) is 2. The van der Waals surface area contributed by atoms with E-state index in [1.54, 1.807) is 24.3 Å². The lowest BCUT2D eigenvalue weighted by Crippen LogP contribution is -2.45. The zero-order chi connectivity index (χ0) is 19.4. The Morgan fingerprint density at radius 2 is 1.70 bits per heavy atom. The summed E-state index contributed by atoms with van der Waals surface area (Å²) in [5.74, 6) is 1.14. The lowest BCUT2D eigenvalue weighted by atomic mass is 10.1. The minimum absolute atomic E-state index is 0.109. The zero-order valence-corrected chi connectivity index (χ0v) is 16.5. The van der Waals surface area contributed by atoms with E-state index in [1.165, 1.54) is 0 Å². The summed E-state index contributed by atoms with van der Waals surface area (Å²) in [6.45, 7) is 1.05. The summed E-state index contributed by atoms with van der Waals surface area (Å²) in [4.78, 5) is 10.3. The van der Waals surface area contributed by atoms with Crippen molar-refractivity contribution in [1.82, 2.24) is 4.90 Å². The molecule has 6 nitrogen and oxygen atoms in total. The number of hydrogen-bond acceptors (Lipinski definition) is 6. The second kappa shape index (κ2) is 8.69. The standard InChI is InChI=1S/C18H18Cl3N5O/c19-11-2-5-13(6-3-11)27-9-1-8-26-16(24-17(22)25-18(26)23)14-7-4-12(20)10-15(14)21/h2-7,10,16H,1,8-9H2,(H4,22,23,24,25). The molecule has 1 unspecified atom stereocenters. The first-order valence-electron chi connectivity index (χ1n) is 8.21. The molecule has 142 valence electrons. The van der Waals surface area contributed by atoms with Crippen LogP contribution in [0.3, 0.4) is 0 Å². The number of nitrogens with zero attached hydrogens (tertiary/aromatic N) is 3. The third-order valence-electron chi connectivity index (χ3n) is 3.94. The van der Waals surface area contributed by atoms with Crippen LogP contribution in [0.25, 0.3) is 0 Å².